The van der Waals surface area contributed by atoms with Crippen molar-refractivity contribution in [1.29, 1.82) is 0 Å². The molecular weight excluding hydrogens is 524 g/mol. The molecule has 3 heterocycles. The van der Waals surface area contributed by atoms with Gasteiger partial charge in [0.25, 0.3) is 11.8 Å². The van der Waals surface area contributed by atoms with Gasteiger partial charge in [0.2, 0.25) is 5.82 Å². The third-order valence-electron chi connectivity index (χ3n) is 6.38. The van der Waals surface area contributed by atoms with Gasteiger partial charge in [-0.05, 0) is 42.2 Å². The van der Waals surface area contributed by atoms with Crippen molar-refractivity contribution >= 4 is 22.6 Å². The monoisotopic (exact) mass is 554 g/mol. The Kier molecular flexibility index (Phi) is 8.37. The fraction of sp³-hybridized carbons (Fsp3) is 0.310. The Labute approximate surface area is 236 Å². The van der Waals surface area contributed by atoms with Gasteiger partial charge in [-0.3, -0.25) is 9.59 Å². The normalized spacial score (nSPS) is 11.1. The summed E-state index contributed by atoms with van der Waals surface area (Å²) in [6, 6.07) is 16.1. The summed E-state index contributed by atoms with van der Waals surface area (Å²) >= 11 is 0. The number of carbonyl (C=O) groups is 2. The van der Waals surface area contributed by atoms with Crippen molar-refractivity contribution in [2.24, 2.45) is 0 Å². The number of Topliss-reactive ketones (excluding diaryl/α,β-unsaturated/α-hetero) is 2. The Hall–Kier alpha value is -5.00. The quantitative estimate of drug-likeness (QED) is 0.226. The molecule has 5 rings (SSSR count). The van der Waals surface area contributed by atoms with E-state index in [2.05, 4.69) is 49.9 Å². The van der Waals surface area contributed by atoms with Gasteiger partial charge >= 0.3 is 0 Å². The number of rotatable bonds is 13. The lowest BCUT2D eigenvalue weighted by atomic mass is 9.98. The number of hydrogen-bond donors (Lipinski definition) is 1. The smallest absolute Gasteiger partial charge is 0.262 e. The van der Waals surface area contributed by atoms with E-state index in [0.29, 0.717) is 29.8 Å². The van der Waals surface area contributed by atoms with Crippen molar-refractivity contribution in [1.82, 2.24) is 40.4 Å². The van der Waals surface area contributed by atoms with Crippen LogP contribution in [0.5, 0.6) is 11.8 Å². The van der Waals surface area contributed by atoms with E-state index in [9.17, 15) is 9.59 Å². The molecule has 2 aromatic carbocycles. The van der Waals surface area contributed by atoms with Crippen LogP contribution in [-0.2, 0) is 22.6 Å². The molecule has 0 bridgehead atoms. The number of nitrogens with zero attached hydrogens (tertiary/aromatic N) is 7. The van der Waals surface area contributed by atoms with E-state index in [0.717, 1.165) is 40.9 Å². The van der Waals surface area contributed by atoms with Crippen LogP contribution in [0.1, 0.15) is 45.0 Å². The Bertz CT molecular complexity index is 1660. The highest BCUT2D eigenvalue weighted by Crippen LogP contribution is 2.33. The summed E-state index contributed by atoms with van der Waals surface area (Å²) in [6.45, 7) is 5.16. The number of tetrazole rings is 1. The third kappa shape index (κ3) is 6.26. The summed E-state index contributed by atoms with van der Waals surface area (Å²) in [6.07, 6.45) is 2.61. The molecule has 0 aliphatic carbocycles. The number of hydrogen-bond acceptors (Lipinski definition) is 10. The second kappa shape index (κ2) is 12.5. The molecule has 3 aromatic heterocycles. The summed E-state index contributed by atoms with van der Waals surface area (Å²) in [5.74, 6) is 1.37. The number of imidazole rings is 1. The zero-order chi connectivity index (χ0) is 28.8. The predicted molar refractivity (Wildman–Crippen MR) is 150 cm³/mol. The molecular formula is C29H30N8O4. The topological polar surface area (TPSA) is 151 Å². The van der Waals surface area contributed by atoms with Crippen molar-refractivity contribution in [2.75, 3.05) is 13.2 Å². The van der Waals surface area contributed by atoms with Gasteiger partial charge in [-0.25, -0.2) is 4.98 Å². The molecule has 0 spiro atoms. The zero-order valence-electron chi connectivity index (χ0n) is 23.1. The number of unbranched alkanes of at least 4 members (excludes halogenated alkanes) is 1. The molecule has 41 heavy (non-hydrogen) atoms. The van der Waals surface area contributed by atoms with Gasteiger partial charge in [0.1, 0.15) is 24.6 Å². The van der Waals surface area contributed by atoms with Crippen LogP contribution >= 0.6 is 0 Å². The molecule has 0 radical (unpaired) electrons. The molecule has 0 atom stereocenters. The highest BCUT2D eigenvalue weighted by molar-refractivity contribution is 5.86. The zero-order valence-corrected chi connectivity index (χ0v) is 23.1. The fourth-order valence-electron chi connectivity index (χ4n) is 4.46. The molecule has 0 amide bonds. The standard InChI is InChI=1S/C29H30N8O4/c1-4-5-10-24-30-25-26(29(41-17-19(3)39)34-33-28(25)40-16-18(2)38)37(24)15-20-11-13-21(14-12-20)22-8-6-7-9-23(22)27-31-35-36-32-27/h6-9,11-14H,4-5,10,15-17H2,1-3H3,(H,31,32,35,36). The Morgan fingerprint density at radius 1 is 0.878 bits per heavy atom. The number of carbonyl (C=O) groups excluding carboxylic acids is 2. The minimum Gasteiger partial charge on any atom is -0.467 e. The molecule has 0 saturated carbocycles. The maximum atomic E-state index is 11.7. The summed E-state index contributed by atoms with van der Waals surface area (Å²) in [5, 5.41) is 22.8. The Balaban J connectivity index is 1.54. The predicted octanol–water partition coefficient (Wildman–Crippen LogP) is 4.00. The number of ether oxygens (including phenoxy) is 2. The first-order valence-corrected chi connectivity index (χ1v) is 13.4. The van der Waals surface area contributed by atoms with E-state index < -0.39 is 0 Å². The number of aromatic nitrogens is 8. The van der Waals surface area contributed by atoms with E-state index in [-0.39, 0.29) is 36.5 Å². The molecule has 0 fully saturated rings. The van der Waals surface area contributed by atoms with E-state index >= 15 is 0 Å². The third-order valence-corrected chi connectivity index (χ3v) is 6.38. The molecule has 210 valence electrons. The number of benzene rings is 2. The average molecular weight is 555 g/mol. The molecule has 12 nitrogen and oxygen atoms in total. The number of fused-ring (bicyclic) bond motifs is 1. The number of aromatic amines is 1. The molecule has 0 saturated heterocycles. The van der Waals surface area contributed by atoms with Crippen LogP contribution in [0.15, 0.2) is 48.5 Å². The Morgan fingerprint density at radius 2 is 1.56 bits per heavy atom. The number of nitrogens with one attached hydrogen (secondary N) is 1. The lowest BCUT2D eigenvalue weighted by molar-refractivity contribution is -0.119. The first-order chi connectivity index (χ1) is 19.9. The second-order valence-electron chi connectivity index (χ2n) is 9.68. The van der Waals surface area contributed by atoms with Gasteiger partial charge in [-0.2, -0.15) is 5.21 Å². The summed E-state index contributed by atoms with van der Waals surface area (Å²) < 4.78 is 13.4. The minimum atomic E-state index is -0.151. The van der Waals surface area contributed by atoms with Crippen LogP contribution in [0.4, 0.5) is 0 Å². The van der Waals surface area contributed by atoms with Crippen LogP contribution in [0.2, 0.25) is 0 Å². The van der Waals surface area contributed by atoms with Crippen molar-refractivity contribution in [3.8, 4) is 34.3 Å². The first-order valence-electron chi connectivity index (χ1n) is 13.4. The van der Waals surface area contributed by atoms with Gasteiger partial charge < -0.3 is 14.0 Å². The molecule has 12 heteroatoms. The lowest BCUT2D eigenvalue weighted by Crippen LogP contribution is -2.12. The Morgan fingerprint density at radius 3 is 2.22 bits per heavy atom. The maximum Gasteiger partial charge on any atom is 0.262 e. The average Bonchev–Trinajstić information content (AvgIpc) is 3.63. The number of H-pyrrole nitrogens is 1. The SMILES string of the molecule is CCCCc1nc2c(OCC(C)=O)nnc(OCC(C)=O)c2n1Cc1ccc(-c2ccccc2-c2nn[nH]n2)cc1. The van der Waals surface area contributed by atoms with E-state index in [1.165, 1.54) is 13.8 Å². The van der Waals surface area contributed by atoms with Crippen molar-refractivity contribution < 1.29 is 19.1 Å². The molecule has 1 N–H and O–H groups in total. The maximum absolute atomic E-state index is 11.7. The highest BCUT2D eigenvalue weighted by atomic mass is 16.5. The molecule has 0 aliphatic rings. The largest absolute Gasteiger partial charge is 0.467 e. The second-order valence-corrected chi connectivity index (χ2v) is 9.68. The van der Waals surface area contributed by atoms with Crippen LogP contribution in [-0.4, -0.2) is 65.2 Å². The van der Waals surface area contributed by atoms with Crippen molar-refractivity contribution in [2.45, 2.75) is 46.6 Å². The molecule has 5 aromatic rings. The van der Waals surface area contributed by atoms with Crippen molar-refractivity contribution in [3.63, 3.8) is 0 Å². The van der Waals surface area contributed by atoms with Crippen molar-refractivity contribution in [3.05, 3.63) is 59.9 Å². The lowest BCUT2D eigenvalue weighted by Gasteiger charge is -2.13. The fourth-order valence-corrected chi connectivity index (χ4v) is 4.46. The van der Waals surface area contributed by atoms with Gasteiger partial charge in [-0.1, -0.05) is 61.9 Å². The number of ketones is 2. The van der Waals surface area contributed by atoms with E-state index in [1.54, 1.807) is 0 Å². The van der Waals surface area contributed by atoms with E-state index in [4.69, 9.17) is 14.5 Å². The molecule has 0 aliphatic heterocycles. The first kappa shape index (κ1) is 27.6. The van der Waals surface area contributed by atoms with Gasteiger partial charge in [0, 0.05) is 18.5 Å². The highest BCUT2D eigenvalue weighted by Gasteiger charge is 2.22. The summed E-state index contributed by atoms with van der Waals surface area (Å²) in [7, 11) is 0. The van der Waals surface area contributed by atoms with Crippen LogP contribution in [0.25, 0.3) is 33.5 Å². The summed E-state index contributed by atoms with van der Waals surface area (Å²) in [4.78, 5) is 28.1. The molecule has 0 unspecified atom stereocenters. The number of aryl methyl sites for hydroxylation is 1. The van der Waals surface area contributed by atoms with Gasteiger partial charge in [-0.15, -0.1) is 20.4 Å². The van der Waals surface area contributed by atoms with Gasteiger partial charge in [0.15, 0.2) is 17.1 Å². The summed E-state index contributed by atoms with van der Waals surface area (Å²) in [5.41, 5.74) is 4.89. The van der Waals surface area contributed by atoms with E-state index in [1.807, 2.05) is 41.0 Å². The minimum absolute atomic E-state index is 0.147. The van der Waals surface area contributed by atoms with Crippen LogP contribution in [0.3, 0.4) is 0 Å². The van der Waals surface area contributed by atoms with Crippen LogP contribution in [0, 0.1) is 0 Å². The van der Waals surface area contributed by atoms with Gasteiger partial charge in [0.05, 0.1) is 0 Å². The van der Waals surface area contributed by atoms with Crippen LogP contribution < -0.4 is 9.47 Å².